The number of nitrogens with zero attached hydrogens (tertiary/aromatic N) is 1. The van der Waals surface area contributed by atoms with Gasteiger partial charge in [-0.25, -0.2) is 4.98 Å². The number of aromatic nitrogens is 2. The summed E-state index contributed by atoms with van der Waals surface area (Å²) in [6.07, 6.45) is 12.4. The van der Waals surface area contributed by atoms with Crippen molar-refractivity contribution in [2.45, 2.75) is 132 Å². The third kappa shape index (κ3) is 5.74. The molecule has 6 aliphatic carbocycles. The first kappa shape index (κ1) is 37.1. The largest absolute Gasteiger partial charge is 0.481 e. The first-order valence-electron chi connectivity index (χ1n) is 21.3. The number of hydrogen-bond acceptors (Lipinski definition) is 5. The molecule has 5 fully saturated rings. The fourth-order valence-corrected chi connectivity index (χ4v) is 14.7. The van der Waals surface area contributed by atoms with Gasteiger partial charge in [-0.3, -0.25) is 14.4 Å². The second-order valence-electron chi connectivity index (χ2n) is 20.3. The number of benzene rings is 1. The first-order chi connectivity index (χ1) is 25.1. The van der Waals surface area contributed by atoms with Gasteiger partial charge in [-0.2, -0.15) is 0 Å². The number of imidazole rings is 1. The summed E-state index contributed by atoms with van der Waals surface area (Å²) in [5.41, 5.74) is 5.39. The second-order valence-corrected chi connectivity index (χ2v) is 20.3. The van der Waals surface area contributed by atoms with E-state index in [4.69, 9.17) is 4.98 Å². The molecule has 6 aliphatic rings. The number of carbonyl (C=O) groups excluding carboxylic acids is 2. The van der Waals surface area contributed by atoms with Gasteiger partial charge in [-0.1, -0.05) is 66.2 Å². The number of carbonyl (C=O) groups is 3. The van der Waals surface area contributed by atoms with Crippen LogP contribution in [0.1, 0.15) is 131 Å². The molecule has 3 N–H and O–H groups in total. The summed E-state index contributed by atoms with van der Waals surface area (Å²) in [4.78, 5) is 47.4. The van der Waals surface area contributed by atoms with Crippen LogP contribution in [0, 0.1) is 74.9 Å². The average Bonchev–Trinajstić information content (AvgIpc) is 3.64. The summed E-state index contributed by atoms with van der Waals surface area (Å²) in [7, 11) is 0. The number of para-hydroxylation sites is 2. The van der Waals surface area contributed by atoms with Gasteiger partial charge >= 0.3 is 5.97 Å². The minimum absolute atomic E-state index is 0.0158. The number of aliphatic carboxylic acids is 1. The monoisotopic (exact) mass is 723 g/mol. The Hall–Kier alpha value is -2.80. The molecule has 5 saturated carbocycles. The van der Waals surface area contributed by atoms with Crippen LogP contribution in [0.25, 0.3) is 11.0 Å². The number of rotatable bonds is 10. The Morgan fingerprint density at radius 3 is 2.43 bits per heavy atom. The molecule has 0 spiro atoms. The zero-order chi connectivity index (χ0) is 37.7. The minimum atomic E-state index is -0.748. The summed E-state index contributed by atoms with van der Waals surface area (Å²) in [6.45, 7) is 18.3. The maximum absolute atomic E-state index is 14.0. The number of hydrogen-bond donors (Lipinski definition) is 3. The topological polar surface area (TPSA) is 112 Å². The highest BCUT2D eigenvalue weighted by molar-refractivity contribution is 6.00. The molecule has 0 amide bonds. The van der Waals surface area contributed by atoms with Crippen LogP contribution in [0.3, 0.4) is 0 Å². The van der Waals surface area contributed by atoms with Gasteiger partial charge in [-0.05, 0) is 146 Å². The number of carboxylic acids is 1. The average molecular weight is 724 g/mol. The van der Waals surface area contributed by atoms with Crippen molar-refractivity contribution in [1.82, 2.24) is 15.3 Å². The molecular weight excluding hydrogens is 659 g/mol. The Labute approximate surface area is 317 Å². The third-order valence-electron chi connectivity index (χ3n) is 17.5. The van der Waals surface area contributed by atoms with Crippen LogP contribution in [-0.4, -0.2) is 39.2 Å². The number of carboxylic acid groups (broad SMARTS) is 1. The quantitative estimate of drug-likeness (QED) is 0.211. The standard InChI is InChI=1S/C46H65N3O4/c1-26(2)40-36(51)24-46(20-21-47-25-39-48-33-10-8-9-11-34(33)49-39)19-15-32-29(41(40)46)12-13-38-44(32,6)18-16-37-43(4,5)28(14-17-45(37,38)7)22-35(50)30-23-31(27(30)3)42(52)53/h8-11,26-32,37-38,47H,12-25H2,1-7H3,(H,48,49)(H,52,53). The van der Waals surface area contributed by atoms with E-state index < -0.39 is 5.97 Å². The molecule has 8 rings (SSSR count). The zero-order valence-electron chi connectivity index (χ0n) is 33.5. The Bertz CT molecular complexity index is 1790. The number of Topliss-reactive ketones (excluding diaryl/α,β-unsaturated/α-hetero) is 2. The predicted molar refractivity (Wildman–Crippen MR) is 209 cm³/mol. The van der Waals surface area contributed by atoms with E-state index in [1.807, 2.05) is 19.1 Å². The summed E-state index contributed by atoms with van der Waals surface area (Å²) in [5.74, 6) is 3.46. The SMILES string of the molecule is CC(C)C1=C2C3CCC4C(C)(CCC5C(C)(C)C(CC(=O)C6CC(C(=O)O)C6C)CCC54C)C3CCC2(CCNCc2nc3ccccc3[nH]2)CC1=O. The van der Waals surface area contributed by atoms with Crippen molar-refractivity contribution in [3.8, 4) is 0 Å². The van der Waals surface area contributed by atoms with Crippen LogP contribution in [0.4, 0.5) is 0 Å². The lowest BCUT2D eigenvalue weighted by Crippen LogP contribution is -2.62. The van der Waals surface area contributed by atoms with Gasteiger partial charge in [0.2, 0.25) is 0 Å². The van der Waals surface area contributed by atoms with Gasteiger partial charge in [0.25, 0.3) is 0 Å². The molecule has 1 aromatic heterocycles. The predicted octanol–water partition coefficient (Wildman–Crippen LogP) is 9.57. The molecule has 1 aromatic carbocycles. The van der Waals surface area contributed by atoms with E-state index in [0.717, 1.165) is 42.7 Å². The van der Waals surface area contributed by atoms with Crippen molar-refractivity contribution in [3.05, 3.63) is 41.2 Å². The van der Waals surface area contributed by atoms with E-state index in [9.17, 15) is 19.5 Å². The van der Waals surface area contributed by atoms with E-state index in [-0.39, 0.29) is 45.3 Å². The molecule has 0 saturated heterocycles. The number of fused-ring (bicyclic) bond motifs is 8. The highest BCUT2D eigenvalue weighted by Crippen LogP contribution is 2.74. The smallest absolute Gasteiger partial charge is 0.306 e. The van der Waals surface area contributed by atoms with E-state index >= 15 is 0 Å². The highest BCUT2D eigenvalue weighted by atomic mass is 16.4. The van der Waals surface area contributed by atoms with Crippen molar-refractivity contribution in [1.29, 1.82) is 0 Å². The van der Waals surface area contributed by atoms with E-state index in [2.05, 4.69) is 64.0 Å². The van der Waals surface area contributed by atoms with Crippen LogP contribution in [0.2, 0.25) is 0 Å². The lowest BCUT2D eigenvalue weighted by atomic mass is 9.35. The lowest BCUT2D eigenvalue weighted by Gasteiger charge is -2.69. The van der Waals surface area contributed by atoms with Crippen molar-refractivity contribution in [2.75, 3.05) is 6.54 Å². The second kappa shape index (κ2) is 13.2. The Balaban J connectivity index is 0.985. The van der Waals surface area contributed by atoms with Gasteiger partial charge in [-0.15, -0.1) is 0 Å². The van der Waals surface area contributed by atoms with Crippen LogP contribution >= 0.6 is 0 Å². The highest BCUT2D eigenvalue weighted by Gasteiger charge is 2.66. The summed E-state index contributed by atoms with van der Waals surface area (Å²) < 4.78 is 0. The molecule has 11 atom stereocenters. The first-order valence-corrected chi connectivity index (χ1v) is 21.3. The van der Waals surface area contributed by atoms with E-state index in [1.54, 1.807) is 5.57 Å². The molecule has 7 nitrogen and oxygen atoms in total. The lowest BCUT2D eigenvalue weighted by molar-refractivity contribution is -0.193. The maximum atomic E-state index is 14.0. The van der Waals surface area contributed by atoms with Gasteiger partial charge in [0.15, 0.2) is 5.78 Å². The van der Waals surface area contributed by atoms with Crippen molar-refractivity contribution < 1.29 is 19.5 Å². The Kier molecular flexibility index (Phi) is 9.22. The van der Waals surface area contributed by atoms with Gasteiger partial charge in [0.1, 0.15) is 11.6 Å². The summed E-state index contributed by atoms with van der Waals surface area (Å²) in [6, 6.07) is 8.19. The molecule has 1 heterocycles. The molecule has 7 heteroatoms. The molecule has 0 bridgehead atoms. The number of nitrogens with one attached hydrogen (secondary N) is 2. The molecule has 0 radical (unpaired) electrons. The molecule has 53 heavy (non-hydrogen) atoms. The fraction of sp³-hybridized carbons (Fsp3) is 0.739. The van der Waals surface area contributed by atoms with Crippen molar-refractivity contribution in [3.63, 3.8) is 0 Å². The molecule has 2 aromatic rings. The normalized spacial score (nSPS) is 40.3. The van der Waals surface area contributed by atoms with Crippen LogP contribution < -0.4 is 5.32 Å². The fourth-order valence-electron chi connectivity index (χ4n) is 14.7. The van der Waals surface area contributed by atoms with Crippen molar-refractivity contribution in [2.24, 2.45) is 74.9 Å². The van der Waals surface area contributed by atoms with Crippen LogP contribution in [0.5, 0.6) is 0 Å². The maximum Gasteiger partial charge on any atom is 0.306 e. The summed E-state index contributed by atoms with van der Waals surface area (Å²) in [5, 5.41) is 13.2. The molecule has 288 valence electrons. The number of allylic oxidation sites excluding steroid dienone is 2. The van der Waals surface area contributed by atoms with Gasteiger partial charge in [0.05, 0.1) is 23.5 Å². The van der Waals surface area contributed by atoms with Gasteiger partial charge in [0, 0.05) is 24.2 Å². The number of ketones is 2. The third-order valence-corrected chi connectivity index (χ3v) is 17.5. The minimum Gasteiger partial charge on any atom is -0.481 e. The van der Waals surface area contributed by atoms with Crippen LogP contribution in [0.15, 0.2) is 35.4 Å². The number of H-pyrrole nitrogens is 1. The van der Waals surface area contributed by atoms with E-state index in [1.165, 1.54) is 44.1 Å². The van der Waals surface area contributed by atoms with Crippen molar-refractivity contribution >= 4 is 28.6 Å². The molecular formula is C46H65N3O4. The Morgan fingerprint density at radius 2 is 1.72 bits per heavy atom. The summed E-state index contributed by atoms with van der Waals surface area (Å²) >= 11 is 0. The zero-order valence-corrected chi connectivity index (χ0v) is 33.5. The van der Waals surface area contributed by atoms with Crippen LogP contribution in [-0.2, 0) is 20.9 Å². The Morgan fingerprint density at radius 1 is 0.962 bits per heavy atom. The van der Waals surface area contributed by atoms with E-state index in [0.29, 0.717) is 67.0 Å². The van der Waals surface area contributed by atoms with Gasteiger partial charge < -0.3 is 15.4 Å². The molecule has 0 aliphatic heterocycles. The molecule has 11 unspecified atom stereocenters. The number of aromatic amines is 1.